The lowest BCUT2D eigenvalue weighted by Gasteiger charge is -2.20. The quantitative estimate of drug-likeness (QED) is 0.720. The molecule has 1 saturated heterocycles. The molecule has 1 N–H and O–H groups in total. The van der Waals surface area contributed by atoms with Gasteiger partial charge in [0.25, 0.3) is 0 Å². The number of amides is 1. The number of hydrogen-bond donors (Lipinski definition) is 1. The number of esters is 1. The summed E-state index contributed by atoms with van der Waals surface area (Å²) in [6, 6.07) is 3.51. The van der Waals surface area contributed by atoms with Gasteiger partial charge in [0.1, 0.15) is 16.7 Å². The molecule has 1 unspecified atom stereocenters. The van der Waals surface area contributed by atoms with Crippen molar-refractivity contribution in [3.8, 4) is 5.75 Å². The van der Waals surface area contributed by atoms with E-state index in [-0.39, 0.29) is 23.0 Å². The maximum absolute atomic E-state index is 12.7. The molecule has 1 atom stereocenters. The highest BCUT2D eigenvalue weighted by Gasteiger charge is 2.29. The van der Waals surface area contributed by atoms with Crippen LogP contribution in [0.4, 0.5) is 5.69 Å². The highest BCUT2D eigenvalue weighted by molar-refractivity contribution is 7.89. The predicted octanol–water partition coefficient (Wildman–Crippen LogP) is 1.05. The van der Waals surface area contributed by atoms with E-state index < -0.39 is 22.0 Å². The first-order valence-electron chi connectivity index (χ1n) is 7.92. The van der Waals surface area contributed by atoms with Gasteiger partial charge in [-0.3, -0.25) is 9.59 Å². The van der Waals surface area contributed by atoms with Crippen LogP contribution in [0, 0.1) is 0 Å². The van der Waals surface area contributed by atoms with Crippen LogP contribution >= 0.6 is 0 Å². The van der Waals surface area contributed by atoms with Crippen molar-refractivity contribution in [1.29, 1.82) is 0 Å². The number of rotatable bonds is 7. The SMILES string of the molecule is CCC(NS(=O)(=O)c1cc(N2CCCC2=O)ccc1OC)C(=O)OC. The van der Waals surface area contributed by atoms with Crippen LogP contribution in [0.1, 0.15) is 26.2 Å². The summed E-state index contributed by atoms with van der Waals surface area (Å²) in [5.41, 5.74) is 0.481. The molecule has 9 heteroatoms. The molecule has 1 aliphatic heterocycles. The number of sulfonamides is 1. The minimum atomic E-state index is -4.05. The Bertz CT molecular complexity index is 762. The molecule has 1 fully saturated rings. The van der Waals surface area contributed by atoms with Crippen molar-refractivity contribution in [3.05, 3.63) is 18.2 Å². The summed E-state index contributed by atoms with van der Waals surface area (Å²) in [4.78, 5) is 25.0. The van der Waals surface area contributed by atoms with E-state index in [0.29, 0.717) is 18.7 Å². The Hall–Kier alpha value is -2.13. The van der Waals surface area contributed by atoms with Crippen LogP contribution in [-0.2, 0) is 24.3 Å². The number of methoxy groups -OCH3 is 2. The van der Waals surface area contributed by atoms with E-state index >= 15 is 0 Å². The lowest BCUT2D eigenvalue weighted by molar-refractivity contribution is -0.142. The average molecular weight is 370 g/mol. The molecule has 1 heterocycles. The van der Waals surface area contributed by atoms with Crippen LogP contribution in [0.25, 0.3) is 0 Å². The van der Waals surface area contributed by atoms with Gasteiger partial charge < -0.3 is 14.4 Å². The Morgan fingerprint density at radius 1 is 1.36 bits per heavy atom. The second kappa shape index (κ2) is 7.83. The van der Waals surface area contributed by atoms with E-state index in [1.54, 1.807) is 13.0 Å². The molecule has 2 rings (SSSR count). The van der Waals surface area contributed by atoms with Gasteiger partial charge in [0.15, 0.2) is 0 Å². The van der Waals surface area contributed by atoms with Gasteiger partial charge in [-0.05, 0) is 31.0 Å². The molecule has 138 valence electrons. The van der Waals surface area contributed by atoms with Crippen molar-refractivity contribution in [2.45, 2.75) is 37.1 Å². The predicted molar refractivity (Wildman–Crippen MR) is 91.0 cm³/mol. The number of carbonyl (C=O) groups is 2. The van der Waals surface area contributed by atoms with Gasteiger partial charge in [-0.1, -0.05) is 6.92 Å². The molecule has 1 aliphatic rings. The molecule has 1 amide bonds. The highest BCUT2D eigenvalue weighted by atomic mass is 32.2. The smallest absolute Gasteiger partial charge is 0.323 e. The molecule has 0 radical (unpaired) electrons. The zero-order valence-corrected chi connectivity index (χ0v) is 15.3. The third-order valence-corrected chi connectivity index (χ3v) is 5.51. The average Bonchev–Trinajstić information content (AvgIpc) is 3.04. The summed E-state index contributed by atoms with van der Waals surface area (Å²) in [7, 11) is -1.51. The fourth-order valence-corrected chi connectivity index (χ4v) is 4.11. The first-order valence-corrected chi connectivity index (χ1v) is 9.41. The molecule has 0 saturated carbocycles. The Balaban J connectivity index is 2.41. The first kappa shape index (κ1) is 19.2. The van der Waals surface area contributed by atoms with E-state index in [4.69, 9.17) is 4.74 Å². The van der Waals surface area contributed by atoms with Crippen LogP contribution in [0.2, 0.25) is 0 Å². The van der Waals surface area contributed by atoms with Crippen LogP contribution < -0.4 is 14.4 Å². The molecule has 1 aromatic rings. The summed E-state index contributed by atoms with van der Waals surface area (Å²) in [6.45, 7) is 2.21. The maximum Gasteiger partial charge on any atom is 0.323 e. The third kappa shape index (κ3) is 4.10. The maximum atomic E-state index is 12.7. The molecule has 0 aromatic heterocycles. The van der Waals surface area contributed by atoms with Crippen LogP contribution in [0.5, 0.6) is 5.75 Å². The van der Waals surface area contributed by atoms with E-state index in [9.17, 15) is 18.0 Å². The minimum Gasteiger partial charge on any atom is -0.495 e. The van der Waals surface area contributed by atoms with Gasteiger partial charge in [-0.15, -0.1) is 0 Å². The molecule has 8 nitrogen and oxygen atoms in total. The van der Waals surface area contributed by atoms with Crippen LogP contribution in [-0.4, -0.2) is 47.1 Å². The lowest BCUT2D eigenvalue weighted by Crippen LogP contribution is -2.41. The third-order valence-electron chi connectivity index (χ3n) is 4.01. The number of nitrogens with zero attached hydrogens (tertiary/aromatic N) is 1. The molecular weight excluding hydrogens is 348 g/mol. The van der Waals surface area contributed by atoms with E-state index in [1.165, 1.54) is 31.3 Å². The zero-order chi connectivity index (χ0) is 18.6. The van der Waals surface area contributed by atoms with Gasteiger partial charge in [-0.25, -0.2) is 8.42 Å². The summed E-state index contributed by atoms with van der Waals surface area (Å²) in [6.07, 6.45) is 1.40. The number of hydrogen-bond acceptors (Lipinski definition) is 6. The van der Waals surface area contributed by atoms with E-state index in [0.717, 1.165) is 6.42 Å². The second-order valence-electron chi connectivity index (χ2n) is 5.59. The zero-order valence-electron chi connectivity index (χ0n) is 14.4. The van der Waals surface area contributed by atoms with Gasteiger partial charge in [0.2, 0.25) is 15.9 Å². The Labute approximate surface area is 147 Å². The fraction of sp³-hybridized carbons (Fsp3) is 0.500. The van der Waals surface area contributed by atoms with Crippen molar-refractivity contribution >= 4 is 27.6 Å². The molecular formula is C16H22N2O6S. The van der Waals surface area contributed by atoms with Crippen molar-refractivity contribution < 1.29 is 27.5 Å². The normalized spacial score (nSPS) is 16.0. The monoisotopic (exact) mass is 370 g/mol. The van der Waals surface area contributed by atoms with Crippen molar-refractivity contribution in [2.75, 3.05) is 25.7 Å². The van der Waals surface area contributed by atoms with Crippen LogP contribution in [0.3, 0.4) is 0 Å². The fourth-order valence-electron chi connectivity index (χ4n) is 2.66. The molecule has 25 heavy (non-hydrogen) atoms. The second-order valence-corrected chi connectivity index (χ2v) is 7.27. The van der Waals surface area contributed by atoms with Gasteiger partial charge in [0.05, 0.1) is 14.2 Å². The topological polar surface area (TPSA) is 102 Å². The number of nitrogens with one attached hydrogen (secondary N) is 1. The summed E-state index contributed by atoms with van der Waals surface area (Å²) < 4.78 is 37.6. The van der Waals surface area contributed by atoms with E-state index in [1.807, 2.05) is 0 Å². The molecule has 0 aliphatic carbocycles. The Morgan fingerprint density at radius 3 is 2.60 bits per heavy atom. The summed E-state index contributed by atoms with van der Waals surface area (Å²) >= 11 is 0. The van der Waals surface area contributed by atoms with Gasteiger partial charge in [0, 0.05) is 18.7 Å². The number of benzene rings is 1. The van der Waals surface area contributed by atoms with Crippen molar-refractivity contribution in [3.63, 3.8) is 0 Å². The summed E-state index contributed by atoms with van der Waals surface area (Å²) in [5, 5.41) is 0. The van der Waals surface area contributed by atoms with Crippen molar-refractivity contribution in [2.24, 2.45) is 0 Å². The van der Waals surface area contributed by atoms with Crippen molar-refractivity contribution in [1.82, 2.24) is 4.72 Å². The largest absolute Gasteiger partial charge is 0.495 e. The van der Waals surface area contributed by atoms with Crippen LogP contribution in [0.15, 0.2) is 23.1 Å². The lowest BCUT2D eigenvalue weighted by atomic mass is 10.2. The number of carbonyl (C=O) groups excluding carboxylic acids is 2. The van der Waals surface area contributed by atoms with Gasteiger partial charge in [-0.2, -0.15) is 4.72 Å². The Kier molecular flexibility index (Phi) is 6.02. The molecule has 0 bridgehead atoms. The van der Waals surface area contributed by atoms with E-state index in [2.05, 4.69) is 9.46 Å². The Morgan fingerprint density at radius 2 is 2.08 bits per heavy atom. The minimum absolute atomic E-state index is 0.0533. The molecule has 1 aromatic carbocycles. The number of ether oxygens (including phenoxy) is 2. The number of anilines is 1. The standard InChI is InChI=1S/C16H22N2O6S/c1-4-12(16(20)24-3)17-25(21,22)14-10-11(7-8-13(14)23-2)18-9-5-6-15(18)19/h7-8,10,12,17H,4-6,9H2,1-3H3. The highest BCUT2D eigenvalue weighted by Crippen LogP contribution is 2.31. The summed E-state index contributed by atoms with van der Waals surface area (Å²) in [5.74, 6) is -0.596. The first-order chi connectivity index (χ1) is 11.8. The van der Waals surface area contributed by atoms with Gasteiger partial charge >= 0.3 is 5.97 Å². The molecule has 0 spiro atoms.